The van der Waals surface area contributed by atoms with E-state index in [4.69, 9.17) is 23.2 Å². The fraction of sp³-hybridized carbons (Fsp3) is 0.211. The van der Waals surface area contributed by atoms with Crippen LogP contribution in [0, 0.1) is 5.82 Å². The van der Waals surface area contributed by atoms with Crippen LogP contribution in [-0.4, -0.2) is 26.4 Å². The lowest BCUT2D eigenvalue weighted by Gasteiger charge is -2.06. The summed E-state index contributed by atoms with van der Waals surface area (Å²) < 4.78 is 15.4. The Hall–Kier alpha value is -1.74. The van der Waals surface area contributed by atoms with Crippen LogP contribution >= 0.6 is 46.7 Å². The Morgan fingerprint density at radius 3 is 2.69 bits per heavy atom. The number of aromatic nitrogens is 3. The molecule has 152 valence electrons. The van der Waals surface area contributed by atoms with Gasteiger partial charge >= 0.3 is 0 Å². The molecular weight excluding hydrogens is 454 g/mol. The fourth-order valence-corrected chi connectivity index (χ4v) is 4.37. The zero-order chi connectivity index (χ0) is 20.8. The van der Waals surface area contributed by atoms with Crippen molar-refractivity contribution in [2.75, 3.05) is 11.1 Å². The van der Waals surface area contributed by atoms with Crippen LogP contribution in [-0.2, 0) is 23.3 Å². The number of carbonyl (C=O) groups is 1. The molecule has 0 aliphatic carbocycles. The topological polar surface area (TPSA) is 59.8 Å². The lowest BCUT2D eigenvalue weighted by atomic mass is 10.2. The van der Waals surface area contributed by atoms with E-state index in [1.165, 1.54) is 23.9 Å². The van der Waals surface area contributed by atoms with Crippen LogP contribution in [0.25, 0.3) is 0 Å². The van der Waals surface area contributed by atoms with E-state index in [0.717, 1.165) is 17.1 Å². The van der Waals surface area contributed by atoms with Gasteiger partial charge in [0, 0.05) is 12.8 Å². The Labute approximate surface area is 186 Å². The smallest absolute Gasteiger partial charge is 0.234 e. The van der Waals surface area contributed by atoms with Crippen molar-refractivity contribution in [1.82, 2.24) is 14.8 Å². The summed E-state index contributed by atoms with van der Waals surface area (Å²) in [6, 6.07) is 11.6. The number of rotatable bonds is 8. The first kappa shape index (κ1) is 22.0. The van der Waals surface area contributed by atoms with Gasteiger partial charge in [-0.15, -0.1) is 22.0 Å². The van der Waals surface area contributed by atoms with Gasteiger partial charge in [0.1, 0.15) is 11.6 Å². The first-order valence-corrected chi connectivity index (χ1v) is 11.4. The minimum Gasteiger partial charge on any atom is -0.323 e. The molecule has 2 aromatic carbocycles. The molecule has 5 nitrogen and oxygen atoms in total. The molecule has 0 fully saturated rings. The van der Waals surface area contributed by atoms with Crippen LogP contribution in [0.4, 0.5) is 10.1 Å². The van der Waals surface area contributed by atoms with E-state index in [9.17, 15) is 9.18 Å². The molecule has 10 heteroatoms. The van der Waals surface area contributed by atoms with Gasteiger partial charge in [0.05, 0.1) is 27.2 Å². The van der Waals surface area contributed by atoms with Crippen LogP contribution in [0.15, 0.2) is 47.6 Å². The van der Waals surface area contributed by atoms with Gasteiger partial charge in [-0.1, -0.05) is 53.2 Å². The molecule has 1 N–H and O–H groups in total. The highest BCUT2D eigenvalue weighted by Gasteiger charge is 2.13. The van der Waals surface area contributed by atoms with Crippen molar-refractivity contribution in [2.45, 2.75) is 16.7 Å². The third kappa shape index (κ3) is 6.12. The summed E-state index contributed by atoms with van der Waals surface area (Å²) in [7, 11) is 1.85. The predicted molar refractivity (Wildman–Crippen MR) is 118 cm³/mol. The first-order valence-electron chi connectivity index (χ1n) is 8.51. The average Bonchev–Trinajstić information content (AvgIpc) is 3.05. The Bertz CT molecular complexity index is 1020. The van der Waals surface area contributed by atoms with E-state index in [0.29, 0.717) is 21.0 Å². The van der Waals surface area contributed by atoms with Crippen molar-refractivity contribution in [1.29, 1.82) is 0 Å². The molecule has 0 radical (unpaired) electrons. The Balaban J connectivity index is 1.49. The molecule has 1 heterocycles. The van der Waals surface area contributed by atoms with E-state index in [-0.39, 0.29) is 17.3 Å². The van der Waals surface area contributed by atoms with Crippen molar-refractivity contribution in [2.24, 2.45) is 7.05 Å². The molecule has 0 saturated heterocycles. The number of benzene rings is 2. The van der Waals surface area contributed by atoms with Crippen molar-refractivity contribution >= 4 is 58.3 Å². The molecule has 0 aliphatic heterocycles. The van der Waals surface area contributed by atoms with Crippen LogP contribution in [0.3, 0.4) is 0 Å². The summed E-state index contributed by atoms with van der Waals surface area (Å²) in [5, 5.41) is 12.6. The maximum absolute atomic E-state index is 13.6. The van der Waals surface area contributed by atoms with Crippen molar-refractivity contribution in [3.63, 3.8) is 0 Å². The van der Waals surface area contributed by atoms with Gasteiger partial charge in [0.2, 0.25) is 5.91 Å². The number of halogens is 3. The Kier molecular flexibility index (Phi) is 7.83. The third-order valence-electron chi connectivity index (χ3n) is 3.89. The summed E-state index contributed by atoms with van der Waals surface area (Å²) in [6.07, 6.45) is 0. The zero-order valence-electron chi connectivity index (χ0n) is 15.4. The van der Waals surface area contributed by atoms with E-state index < -0.39 is 5.82 Å². The van der Waals surface area contributed by atoms with Crippen molar-refractivity contribution < 1.29 is 9.18 Å². The second-order valence-corrected chi connectivity index (χ2v) is 8.76. The van der Waals surface area contributed by atoms with Crippen molar-refractivity contribution in [3.05, 3.63) is 69.7 Å². The van der Waals surface area contributed by atoms with E-state index >= 15 is 0 Å². The van der Waals surface area contributed by atoms with Crippen LogP contribution < -0.4 is 5.32 Å². The summed E-state index contributed by atoms with van der Waals surface area (Å²) in [6.45, 7) is 0. The molecule has 29 heavy (non-hydrogen) atoms. The monoisotopic (exact) mass is 470 g/mol. The highest BCUT2D eigenvalue weighted by molar-refractivity contribution is 7.99. The summed E-state index contributed by atoms with van der Waals surface area (Å²) in [4.78, 5) is 12.1. The van der Waals surface area contributed by atoms with Gasteiger partial charge < -0.3 is 9.88 Å². The van der Waals surface area contributed by atoms with E-state index in [1.807, 2.05) is 23.7 Å². The average molecular weight is 471 g/mol. The number of amides is 1. The number of para-hydroxylation sites is 1. The maximum Gasteiger partial charge on any atom is 0.234 e. The molecule has 1 aromatic heterocycles. The minimum absolute atomic E-state index is 0.108. The van der Waals surface area contributed by atoms with Gasteiger partial charge in [-0.25, -0.2) is 4.39 Å². The predicted octanol–water partition coefficient (Wildman–Crippen LogP) is 5.43. The van der Waals surface area contributed by atoms with Crippen LogP contribution in [0.5, 0.6) is 0 Å². The number of hydrogen-bond acceptors (Lipinski definition) is 5. The highest BCUT2D eigenvalue weighted by Crippen LogP contribution is 2.26. The summed E-state index contributed by atoms with van der Waals surface area (Å²) in [5.74, 6) is 1.55. The van der Waals surface area contributed by atoms with Crippen LogP contribution in [0.1, 0.15) is 11.4 Å². The Morgan fingerprint density at radius 2 is 1.93 bits per heavy atom. The zero-order valence-corrected chi connectivity index (χ0v) is 18.5. The molecule has 0 bridgehead atoms. The first-order chi connectivity index (χ1) is 13.9. The molecule has 0 aliphatic rings. The maximum atomic E-state index is 13.6. The van der Waals surface area contributed by atoms with Gasteiger partial charge in [0.25, 0.3) is 0 Å². The number of nitrogens with one attached hydrogen (secondary N) is 1. The number of nitrogens with zero attached hydrogens (tertiary/aromatic N) is 3. The third-order valence-corrected chi connectivity index (χ3v) is 6.65. The Morgan fingerprint density at radius 1 is 1.14 bits per heavy atom. The lowest BCUT2D eigenvalue weighted by molar-refractivity contribution is -0.113. The largest absolute Gasteiger partial charge is 0.323 e. The molecule has 0 spiro atoms. The number of anilines is 1. The lowest BCUT2D eigenvalue weighted by Crippen LogP contribution is -2.15. The molecular formula is C19H17Cl2FN4OS2. The second kappa shape index (κ2) is 10.3. The second-order valence-electron chi connectivity index (χ2n) is 6.02. The molecule has 3 aromatic rings. The molecule has 3 rings (SSSR count). The summed E-state index contributed by atoms with van der Waals surface area (Å²) in [5.41, 5.74) is 1.24. The SMILES string of the molecule is Cn1c(CSCc2ccc(Cl)c(Cl)c2)nnc1SCC(=O)Nc1ccccc1F. The number of thioether (sulfide) groups is 2. The normalized spacial score (nSPS) is 10.9. The van der Waals surface area contributed by atoms with Gasteiger partial charge in [-0.05, 0) is 29.8 Å². The quantitative estimate of drug-likeness (QED) is 0.445. The number of hydrogen-bond donors (Lipinski definition) is 1. The molecule has 0 unspecified atom stereocenters. The van der Waals surface area contributed by atoms with Gasteiger partial charge in [0.15, 0.2) is 5.16 Å². The van der Waals surface area contributed by atoms with Crippen molar-refractivity contribution in [3.8, 4) is 0 Å². The fourth-order valence-electron chi connectivity index (χ4n) is 2.36. The number of carbonyl (C=O) groups excluding carboxylic acids is 1. The highest BCUT2D eigenvalue weighted by atomic mass is 35.5. The summed E-state index contributed by atoms with van der Waals surface area (Å²) >= 11 is 14.9. The van der Waals surface area contributed by atoms with E-state index in [2.05, 4.69) is 15.5 Å². The van der Waals surface area contributed by atoms with E-state index in [1.54, 1.807) is 30.0 Å². The van der Waals surface area contributed by atoms with Gasteiger partial charge in [-0.2, -0.15) is 0 Å². The molecule has 0 saturated carbocycles. The molecule has 1 amide bonds. The molecule has 0 atom stereocenters. The minimum atomic E-state index is -0.467. The van der Waals surface area contributed by atoms with Gasteiger partial charge in [-0.3, -0.25) is 4.79 Å². The standard InChI is InChI=1S/C19H17Cl2FN4OS2/c1-26-17(10-28-9-12-6-7-13(20)14(21)8-12)24-25-19(26)29-11-18(27)23-16-5-3-2-4-15(16)22/h2-8H,9-11H2,1H3,(H,23,27). The van der Waals surface area contributed by atoms with Crippen LogP contribution in [0.2, 0.25) is 10.0 Å².